The van der Waals surface area contributed by atoms with Crippen LogP contribution in [0.5, 0.6) is 0 Å². The van der Waals surface area contributed by atoms with E-state index < -0.39 is 22.8 Å². The molecule has 0 bridgehead atoms. The SMILES string of the molecule is N=C1/C(=N\N)CC(C(=O)O)(c2c(Cl)cc(-c3cc(Cl)c(C4(C(=O)O)C/C(=N\N)C(=N)c5ccccc54)c(Cl)c3)cc2Cl)c2ccccc21. The molecule has 0 saturated heterocycles. The van der Waals surface area contributed by atoms with E-state index in [9.17, 15) is 19.8 Å². The molecule has 4 aromatic carbocycles. The van der Waals surface area contributed by atoms with Gasteiger partial charge in [-0.25, -0.2) is 0 Å². The number of aliphatic carboxylic acids is 2. The van der Waals surface area contributed by atoms with E-state index in [1.807, 2.05) is 0 Å². The lowest BCUT2D eigenvalue weighted by Crippen LogP contribution is -2.46. The Balaban J connectivity index is 1.53. The van der Waals surface area contributed by atoms with Crippen molar-refractivity contribution in [2.75, 3.05) is 0 Å². The molecule has 10 nitrogen and oxygen atoms in total. The number of carbonyl (C=O) groups is 2. The molecule has 242 valence electrons. The van der Waals surface area contributed by atoms with Crippen molar-refractivity contribution in [3.05, 3.63) is 126 Å². The maximum absolute atomic E-state index is 13.2. The van der Waals surface area contributed by atoms with Crippen molar-refractivity contribution in [3.63, 3.8) is 0 Å². The molecular formula is C34H24Cl4N6O4. The molecule has 4 aromatic rings. The van der Waals surface area contributed by atoms with Gasteiger partial charge < -0.3 is 21.9 Å². The monoisotopic (exact) mass is 720 g/mol. The smallest absolute Gasteiger partial charge is 0.319 e. The van der Waals surface area contributed by atoms with Gasteiger partial charge in [0, 0.05) is 55.2 Å². The van der Waals surface area contributed by atoms with E-state index in [0.29, 0.717) is 33.4 Å². The first-order chi connectivity index (χ1) is 22.8. The van der Waals surface area contributed by atoms with Gasteiger partial charge in [-0.1, -0.05) is 94.9 Å². The van der Waals surface area contributed by atoms with E-state index >= 15 is 0 Å². The lowest BCUT2D eigenvalue weighted by atomic mass is 9.64. The molecular weight excluding hydrogens is 698 g/mol. The summed E-state index contributed by atoms with van der Waals surface area (Å²) in [6.45, 7) is 0. The largest absolute Gasteiger partial charge is 0.480 e. The number of carboxylic acids is 2. The molecule has 6 rings (SSSR count). The number of hydrogen-bond donors (Lipinski definition) is 6. The maximum atomic E-state index is 13.2. The molecule has 2 unspecified atom stereocenters. The van der Waals surface area contributed by atoms with Crippen LogP contribution in [-0.4, -0.2) is 45.0 Å². The summed E-state index contributed by atoms with van der Waals surface area (Å²) < 4.78 is 0. The van der Waals surface area contributed by atoms with Crippen LogP contribution in [0.15, 0.2) is 83.0 Å². The van der Waals surface area contributed by atoms with Crippen LogP contribution < -0.4 is 11.7 Å². The third-order valence-corrected chi connectivity index (χ3v) is 10.3. The fourth-order valence-corrected chi connectivity index (χ4v) is 8.50. The average molecular weight is 722 g/mol. The van der Waals surface area contributed by atoms with Crippen molar-refractivity contribution >= 4 is 81.2 Å². The molecule has 2 aliphatic carbocycles. The van der Waals surface area contributed by atoms with Crippen LogP contribution in [0.25, 0.3) is 11.1 Å². The third kappa shape index (κ3) is 4.70. The Kier molecular flexibility index (Phi) is 8.33. The van der Waals surface area contributed by atoms with Crippen molar-refractivity contribution in [1.29, 1.82) is 10.8 Å². The molecule has 0 aromatic heterocycles. The Bertz CT molecular complexity index is 1990. The lowest BCUT2D eigenvalue weighted by molar-refractivity contribution is -0.142. The van der Waals surface area contributed by atoms with Crippen molar-refractivity contribution in [1.82, 2.24) is 0 Å². The molecule has 14 heteroatoms. The highest BCUT2D eigenvalue weighted by Crippen LogP contribution is 2.51. The average Bonchev–Trinajstić information content (AvgIpc) is 3.06. The molecule has 8 N–H and O–H groups in total. The Morgan fingerprint density at radius 2 is 0.938 bits per heavy atom. The van der Waals surface area contributed by atoms with Crippen LogP contribution in [0.4, 0.5) is 0 Å². The van der Waals surface area contributed by atoms with Gasteiger partial charge in [0.1, 0.15) is 10.8 Å². The zero-order valence-electron chi connectivity index (χ0n) is 24.6. The van der Waals surface area contributed by atoms with Crippen LogP contribution >= 0.6 is 46.4 Å². The second-order valence-electron chi connectivity index (χ2n) is 11.4. The highest BCUT2D eigenvalue weighted by molar-refractivity contribution is 6.50. The number of nitrogens with one attached hydrogen (secondary N) is 2. The van der Waals surface area contributed by atoms with Crippen molar-refractivity contribution in [2.45, 2.75) is 23.7 Å². The summed E-state index contributed by atoms with van der Waals surface area (Å²) in [5.41, 5.74) is -1.27. The summed E-state index contributed by atoms with van der Waals surface area (Å²) in [5.74, 6) is 8.67. The molecule has 0 spiro atoms. The second kappa shape index (κ2) is 12.1. The summed E-state index contributed by atoms with van der Waals surface area (Å²) in [6, 6.07) is 19.2. The van der Waals surface area contributed by atoms with Crippen LogP contribution in [0.1, 0.15) is 46.2 Å². The lowest BCUT2D eigenvalue weighted by Gasteiger charge is -2.38. The van der Waals surface area contributed by atoms with Crippen LogP contribution in [0.2, 0.25) is 20.1 Å². The fourth-order valence-electron chi connectivity index (χ4n) is 6.88. The van der Waals surface area contributed by atoms with Gasteiger partial charge >= 0.3 is 11.9 Å². The Morgan fingerprint density at radius 3 is 1.23 bits per heavy atom. The predicted molar refractivity (Wildman–Crippen MR) is 188 cm³/mol. The van der Waals surface area contributed by atoms with Crippen LogP contribution in [0, 0.1) is 10.8 Å². The van der Waals surface area contributed by atoms with Gasteiger partial charge in [0.25, 0.3) is 0 Å². The first kappa shape index (κ1) is 33.2. The van der Waals surface area contributed by atoms with Crippen LogP contribution in [-0.2, 0) is 20.4 Å². The quantitative estimate of drug-likeness (QED) is 0.0958. The van der Waals surface area contributed by atoms with Gasteiger partial charge in [0.15, 0.2) is 0 Å². The molecule has 0 aliphatic heterocycles. The maximum Gasteiger partial charge on any atom is 0.319 e. The molecule has 0 heterocycles. The second-order valence-corrected chi connectivity index (χ2v) is 13.0. The Morgan fingerprint density at radius 1 is 0.625 bits per heavy atom. The number of rotatable bonds is 5. The van der Waals surface area contributed by atoms with E-state index in [2.05, 4.69) is 10.2 Å². The molecule has 0 radical (unpaired) electrons. The minimum atomic E-state index is -1.83. The van der Waals surface area contributed by atoms with Gasteiger partial charge in [-0.05, 0) is 46.5 Å². The Hall–Kier alpha value is -4.74. The van der Waals surface area contributed by atoms with E-state index in [4.69, 9.17) is 68.9 Å². The molecule has 0 saturated carbocycles. The highest BCUT2D eigenvalue weighted by Gasteiger charge is 2.52. The first-order valence-electron chi connectivity index (χ1n) is 14.2. The van der Waals surface area contributed by atoms with Gasteiger partial charge in [-0.15, -0.1) is 0 Å². The van der Waals surface area contributed by atoms with Gasteiger partial charge in [0.05, 0.1) is 22.8 Å². The zero-order valence-corrected chi connectivity index (χ0v) is 27.6. The summed E-state index contributed by atoms with van der Waals surface area (Å²) in [5, 5.41) is 46.0. The third-order valence-electron chi connectivity index (χ3n) is 9.07. The molecule has 0 amide bonds. The van der Waals surface area contributed by atoms with Crippen molar-refractivity contribution in [2.24, 2.45) is 21.9 Å². The van der Waals surface area contributed by atoms with Gasteiger partial charge in [-0.3, -0.25) is 20.4 Å². The minimum absolute atomic E-state index is 0.000342. The zero-order chi connectivity index (χ0) is 34.7. The van der Waals surface area contributed by atoms with Gasteiger partial charge in [0.2, 0.25) is 0 Å². The number of benzene rings is 4. The van der Waals surface area contributed by atoms with E-state index in [0.717, 1.165) is 0 Å². The molecule has 2 atom stereocenters. The molecule has 48 heavy (non-hydrogen) atoms. The molecule has 0 fully saturated rings. The number of nitrogens with zero attached hydrogens (tertiary/aromatic N) is 2. The predicted octanol–water partition coefficient (Wildman–Crippen LogP) is 6.88. The van der Waals surface area contributed by atoms with Gasteiger partial charge in [-0.2, -0.15) is 10.2 Å². The number of carboxylic acid groups (broad SMARTS) is 2. The Labute approximate surface area is 293 Å². The summed E-state index contributed by atoms with van der Waals surface area (Å²) in [4.78, 5) is 26.4. The van der Waals surface area contributed by atoms with Crippen molar-refractivity contribution in [3.8, 4) is 11.1 Å². The van der Waals surface area contributed by atoms with E-state index in [1.165, 1.54) is 24.3 Å². The number of hydrogen-bond acceptors (Lipinski definition) is 8. The minimum Gasteiger partial charge on any atom is -0.480 e. The highest BCUT2D eigenvalue weighted by atomic mass is 35.5. The number of hydrazone groups is 2. The van der Waals surface area contributed by atoms with E-state index in [1.54, 1.807) is 48.5 Å². The summed E-state index contributed by atoms with van der Waals surface area (Å²) in [6.07, 6.45) is -0.547. The fraction of sp³-hybridized carbons (Fsp3) is 0.118. The van der Waals surface area contributed by atoms with Crippen LogP contribution in [0.3, 0.4) is 0 Å². The normalized spacial score (nSPS) is 22.0. The number of halogens is 4. The summed E-state index contributed by atoms with van der Waals surface area (Å²) >= 11 is 27.5. The number of fused-ring (bicyclic) bond motifs is 2. The molecule has 2 aliphatic rings. The number of nitrogens with two attached hydrogens (primary N) is 2. The summed E-state index contributed by atoms with van der Waals surface area (Å²) in [7, 11) is 0. The standard InChI is InChI=1S/C34H24Cl4N6O4/c35-21-9-15(10-22(36)27(21)33(31(45)46)13-25(43-41)29(39)17-5-1-3-7-19(17)33)16-11-23(37)28(24(38)12-16)34(32(47)48)14-26(44-42)30(40)18-6-2-4-8-20(18)34/h1-12,39-40H,13-14,41-42H2,(H,45,46)(H,47,48)/b39-29?,40-30?,43-25-,44-26+. The van der Waals surface area contributed by atoms with E-state index in [-0.39, 0.29) is 66.9 Å². The first-order valence-corrected chi connectivity index (χ1v) is 15.7. The van der Waals surface area contributed by atoms with Crippen molar-refractivity contribution < 1.29 is 19.8 Å². The topological polar surface area (TPSA) is 199 Å².